The fourth-order valence-corrected chi connectivity index (χ4v) is 3.29. The monoisotopic (exact) mass is 410 g/mol. The fraction of sp³-hybridized carbons (Fsp3) is 0.391. The van der Waals surface area contributed by atoms with Crippen LogP contribution in [-0.2, 0) is 17.8 Å². The number of fused-ring (bicyclic) bond motifs is 1. The molecule has 1 heterocycles. The molecule has 7 nitrogen and oxygen atoms in total. The molecule has 1 amide bonds. The second kappa shape index (κ2) is 10.5. The number of carbonyl (C=O) groups is 1. The van der Waals surface area contributed by atoms with Gasteiger partial charge in [-0.05, 0) is 55.7 Å². The molecule has 160 valence electrons. The number of rotatable bonds is 8. The van der Waals surface area contributed by atoms with Gasteiger partial charge in [0.25, 0.3) is 0 Å². The zero-order valence-electron chi connectivity index (χ0n) is 17.9. The Morgan fingerprint density at radius 3 is 2.80 bits per heavy atom. The molecule has 0 aliphatic carbocycles. The minimum atomic E-state index is 0.0678. The molecule has 0 unspecified atom stereocenters. The summed E-state index contributed by atoms with van der Waals surface area (Å²) in [6, 6.07) is 12.0. The van der Waals surface area contributed by atoms with E-state index < -0.39 is 0 Å². The third kappa shape index (κ3) is 5.89. The second-order valence-electron chi connectivity index (χ2n) is 7.11. The van der Waals surface area contributed by atoms with Gasteiger partial charge in [-0.1, -0.05) is 12.1 Å². The number of guanidine groups is 1. The van der Waals surface area contributed by atoms with E-state index in [1.54, 1.807) is 7.05 Å². The summed E-state index contributed by atoms with van der Waals surface area (Å²) in [6.45, 7) is 6.40. The summed E-state index contributed by atoms with van der Waals surface area (Å²) in [6.07, 6.45) is 1.27. The van der Waals surface area contributed by atoms with E-state index in [1.807, 2.05) is 25.1 Å². The average molecular weight is 411 g/mol. The number of carbonyl (C=O) groups excluding carboxylic acids is 1. The molecule has 0 saturated carbocycles. The van der Waals surface area contributed by atoms with Gasteiger partial charge >= 0.3 is 0 Å². The van der Waals surface area contributed by atoms with Crippen molar-refractivity contribution < 1.29 is 14.3 Å². The van der Waals surface area contributed by atoms with E-state index >= 15 is 0 Å². The van der Waals surface area contributed by atoms with Gasteiger partial charge in [-0.2, -0.15) is 0 Å². The number of aryl methyl sites for hydroxylation is 2. The molecule has 1 aliphatic heterocycles. The third-order valence-corrected chi connectivity index (χ3v) is 4.83. The second-order valence-corrected chi connectivity index (χ2v) is 7.11. The molecule has 0 atom stereocenters. The van der Waals surface area contributed by atoms with E-state index in [4.69, 9.17) is 9.47 Å². The first-order valence-corrected chi connectivity index (χ1v) is 10.3. The van der Waals surface area contributed by atoms with Crippen molar-refractivity contribution >= 4 is 17.6 Å². The molecule has 0 fully saturated rings. The maximum Gasteiger partial charge on any atom is 0.224 e. The molecular formula is C23H30N4O3. The first-order valence-electron chi connectivity index (χ1n) is 10.3. The molecule has 0 bridgehead atoms. The van der Waals surface area contributed by atoms with Gasteiger partial charge in [0.15, 0.2) is 5.96 Å². The van der Waals surface area contributed by atoms with Crippen molar-refractivity contribution in [3.63, 3.8) is 0 Å². The Kier molecular flexibility index (Phi) is 7.54. The standard InChI is InChI=1S/C23H30N4O3/c1-4-29-21-13-16(2)5-6-18(21)15-26-23(24-3)25-11-12-30-19-8-9-20-17(14-19)7-10-22(28)27-20/h5-6,8-9,13-14H,4,7,10-12,15H2,1-3H3,(H,27,28)(H2,24,25,26). The van der Waals surface area contributed by atoms with Crippen LogP contribution in [0.15, 0.2) is 41.4 Å². The number of hydrogen-bond acceptors (Lipinski definition) is 4. The van der Waals surface area contributed by atoms with Gasteiger partial charge in [-0.3, -0.25) is 9.79 Å². The first-order chi connectivity index (χ1) is 14.6. The number of amides is 1. The summed E-state index contributed by atoms with van der Waals surface area (Å²) < 4.78 is 11.6. The van der Waals surface area contributed by atoms with Crippen LogP contribution in [0.25, 0.3) is 0 Å². The molecule has 0 aromatic heterocycles. The van der Waals surface area contributed by atoms with Gasteiger partial charge in [0.2, 0.25) is 5.91 Å². The molecule has 0 radical (unpaired) electrons. The molecule has 30 heavy (non-hydrogen) atoms. The predicted molar refractivity (Wildman–Crippen MR) is 119 cm³/mol. The molecule has 3 rings (SSSR count). The van der Waals surface area contributed by atoms with Crippen LogP contribution in [0.1, 0.15) is 30.0 Å². The Morgan fingerprint density at radius 2 is 2.00 bits per heavy atom. The molecule has 2 aromatic rings. The highest BCUT2D eigenvalue weighted by Gasteiger charge is 2.15. The Hall–Kier alpha value is -3.22. The van der Waals surface area contributed by atoms with E-state index in [1.165, 1.54) is 5.56 Å². The number of aliphatic imine (C=N–C) groups is 1. The molecule has 0 spiro atoms. The number of benzene rings is 2. The zero-order valence-corrected chi connectivity index (χ0v) is 17.9. The fourth-order valence-electron chi connectivity index (χ4n) is 3.29. The normalized spacial score (nSPS) is 13.3. The molecular weight excluding hydrogens is 380 g/mol. The summed E-state index contributed by atoms with van der Waals surface area (Å²) >= 11 is 0. The van der Waals surface area contributed by atoms with Crippen LogP contribution >= 0.6 is 0 Å². The summed E-state index contributed by atoms with van der Waals surface area (Å²) in [7, 11) is 1.74. The van der Waals surface area contributed by atoms with E-state index in [2.05, 4.69) is 46.1 Å². The van der Waals surface area contributed by atoms with Crippen LogP contribution in [-0.4, -0.2) is 38.7 Å². The van der Waals surface area contributed by atoms with Gasteiger partial charge in [0.05, 0.1) is 13.2 Å². The zero-order chi connectivity index (χ0) is 21.3. The highest BCUT2D eigenvalue weighted by atomic mass is 16.5. The molecule has 7 heteroatoms. The van der Waals surface area contributed by atoms with Gasteiger partial charge in [-0.25, -0.2) is 0 Å². The van der Waals surface area contributed by atoms with Crippen molar-refractivity contribution in [2.75, 3.05) is 32.1 Å². The Morgan fingerprint density at radius 1 is 1.13 bits per heavy atom. The average Bonchev–Trinajstić information content (AvgIpc) is 2.74. The van der Waals surface area contributed by atoms with Crippen LogP contribution in [0.5, 0.6) is 11.5 Å². The SMILES string of the molecule is CCOc1cc(C)ccc1CNC(=NC)NCCOc1ccc2c(c1)CCC(=O)N2. The van der Waals surface area contributed by atoms with Crippen LogP contribution < -0.4 is 25.4 Å². The molecule has 3 N–H and O–H groups in total. The number of nitrogens with one attached hydrogen (secondary N) is 3. The van der Waals surface area contributed by atoms with E-state index in [-0.39, 0.29) is 5.91 Å². The van der Waals surface area contributed by atoms with Crippen molar-refractivity contribution in [2.24, 2.45) is 4.99 Å². The number of anilines is 1. The van der Waals surface area contributed by atoms with Crippen LogP contribution in [0.2, 0.25) is 0 Å². The number of ether oxygens (including phenoxy) is 2. The smallest absolute Gasteiger partial charge is 0.224 e. The summed E-state index contributed by atoms with van der Waals surface area (Å²) in [5.41, 5.74) is 4.25. The summed E-state index contributed by atoms with van der Waals surface area (Å²) in [5.74, 6) is 2.47. The van der Waals surface area contributed by atoms with Crippen molar-refractivity contribution in [1.82, 2.24) is 10.6 Å². The highest BCUT2D eigenvalue weighted by Crippen LogP contribution is 2.26. The largest absolute Gasteiger partial charge is 0.494 e. The Labute approximate surface area is 177 Å². The van der Waals surface area contributed by atoms with Crippen LogP contribution in [0.4, 0.5) is 5.69 Å². The summed E-state index contributed by atoms with van der Waals surface area (Å²) in [5, 5.41) is 9.45. The lowest BCUT2D eigenvalue weighted by atomic mass is 10.0. The Balaban J connectivity index is 1.45. The maximum absolute atomic E-state index is 11.4. The van der Waals surface area contributed by atoms with E-state index in [0.29, 0.717) is 38.7 Å². The van der Waals surface area contributed by atoms with Crippen molar-refractivity contribution in [1.29, 1.82) is 0 Å². The highest BCUT2D eigenvalue weighted by molar-refractivity contribution is 5.94. The van der Waals surface area contributed by atoms with E-state index in [0.717, 1.165) is 34.7 Å². The van der Waals surface area contributed by atoms with Gasteiger partial charge < -0.3 is 25.4 Å². The molecule has 1 aliphatic rings. The topological polar surface area (TPSA) is 84.0 Å². The lowest BCUT2D eigenvalue weighted by molar-refractivity contribution is -0.116. The van der Waals surface area contributed by atoms with Gasteiger partial charge in [-0.15, -0.1) is 0 Å². The lowest BCUT2D eigenvalue weighted by Crippen LogP contribution is -2.39. The maximum atomic E-state index is 11.4. The predicted octanol–water partition coefficient (Wildman–Crippen LogP) is 3.02. The third-order valence-electron chi connectivity index (χ3n) is 4.83. The van der Waals surface area contributed by atoms with Crippen molar-refractivity contribution in [2.45, 2.75) is 33.2 Å². The van der Waals surface area contributed by atoms with Gasteiger partial charge in [0, 0.05) is 31.3 Å². The number of hydrogen-bond donors (Lipinski definition) is 3. The van der Waals surface area contributed by atoms with E-state index in [9.17, 15) is 4.79 Å². The van der Waals surface area contributed by atoms with Crippen LogP contribution in [0.3, 0.4) is 0 Å². The van der Waals surface area contributed by atoms with Crippen LogP contribution in [0, 0.1) is 6.92 Å². The first kappa shape index (κ1) is 21.5. The number of nitrogens with zero attached hydrogens (tertiary/aromatic N) is 1. The van der Waals surface area contributed by atoms with Crippen molar-refractivity contribution in [3.8, 4) is 11.5 Å². The minimum Gasteiger partial charge on any atom is -0.494 e. The minimum absolute atomic E-state index is 0.0678. The van der Waals surface area contributed by atoms with Gasteiger partial charge in [0.1, 0.15) is 18.1 Å². The lowest BCUT2D eigenvalue weighted by Gasteiger charge is -2.18. The molecule has 0 saturated heterocycles. The van der Waals surface area contributed by atoms with Crippen molar-refractivity contribution in [3.05, 3.63) is 53.1 Å². The Bertz CT molecular complexity index is 911. The molecule has 2 aromatic carbocycles. The quantitative estimate of drug-likeness (QED) is 0.354. The summed E-state index contributed by atoms with van der Waals surface area (Å²) in [4.78, 5) is 15.7.